The van der Waals surface area contributed by atoms with E-state index in [-0.39, 0.29) is 4.90 Å². The number of halogens is 1. The summed E-state index contributed by atoms with van der Waals surface area (Å²) in [6, 6.07) is 8.35. The molecule has 0 aliphatic rings. The quantitative estimate of drug-likeness (QED) is 0.727. The second-order valence-corrected chi connectivity index (χ2v) is 7.96. The molecule has 0 aliphatic heterocycles. The molecule has 8 heteroatoms. The minimum Gasteiger partial charge on any atom is -0.397 e. The minimum absolute atomic E-state index is 0.00872. The SMILES string of the molecule is Nc1cc(S(N)(=O)=O)ccc1NCc1ccc(Br)s1. The number of primary sulfonamides is 1. The molecule has 1 aromatic carbocycles. The maximum Gasteiger partial charge on any atom is 0.238 e. The van der Waals surface area contributed by atoms with E-state index in [1.54, 1.807) is 17.4 Å². The van der Waals surface area contributed by atoms with Crippen LogP contribution in [-0.4, -0.2) is 8.42 Å². The van der Waals surface area contributed by atoms with Gasteiger partial charge in [-0.25, -0.2) is 13.6 Å². The number of thiophene rings is 1. The van der Waals surface area contributed by atoms with Gasteiger partial charge in [-0.1, -0.05) is 0 Å². The summed E-state index contributed by atoms with van der Waals surface area (Å²) >= 11 is 5.01. The molecular formula is C11H12BrN3O2S2. The predicted molar refractivity (Wildman–Crippen MR) is 81.6 cm³/mol. The molecule has 0 spiro atoms. The average Bonchev–Trinajstić information content (AvgIpc) is 2.72. The van der Waals surface area contributed by atoms with Crippen molar-refractivity contribution in [2.45, 2.75) is 11.4 Å². The molecule has 0 aliphatic carbocycles. The molecule has 5 nitrogen and oxygen atoms in total. The second kappa shape index (κ2) is 5.49. The van der Waals surface area contributed by atoms with Gasteiger partial charge >= 0.3 is 0 Å². The lowest BCUT2D eigenvalue weighted by molar-refractivity contribution is 0.598. The van der Waals surface area contributed by atoms with Crippen molar-refractivity contribution in [2.75, 3.05) is 11.1 Å². The number of sulfonamides is 1. The number of nitrogens with two attached hydrogens (primary N) is 2. The first-order chi connectivity index (χ1) is 8.86. The Morgan fingerprint density at radius 3 is 2.53 bits per heavy atom. The third-order valence-corrected chi connectivity index (χ3v) is 4.97. The molecule has 0 saturated heterocycles. The largest absolute Gasteiger partial charge is 0.397 e. The Bertz CT molecular complexity index is 698. The normalized spacial score (nSPS) is 11.5. The van der Waals surface area contributed by atoms with Crippen LogP contribution in [0.2, 0.25) is 0 Å². The van der Waals surface area contributed by atoms with Gasteiger partial charge in [0.15, 0.2) is 0 Å². The first-order valence-electron chi connectivity index (χ1n) is 5.26. The molecule has 0 bridgehead atoms. The minimum atomic E-state index is -3.72. The van der Waals surface area contributed by atoms with Gasteiger partial charge in [0.25, 0.3) is 0 Å². The molecule has 0 radical (unpaired) electrons. The number of nitrogens with one attached hydrogen (secondary N) is 1. The van der Waals surface area contributed by atoms with E-state index >= 15 is 0 Å². The van der Waals surface area contributed by atoms with Crippen LogP contribution in [0.3, 0.4) is 0 Å². The smallest absolute Gasteiger partial charge is 0.238 e. The standard InChI is InChI=1S/C11H12BrN3O2S2/c12-11-4-1-7(18-11)6-15-10-3-2-8(5-9(10)13)19(14,16)17/h1-5,15H,6,13H2,(H2,14,16,17). The molecule has 5 N–H and O–H groups in total. The van der Waals surface area contributed by atoms with E-state index in [1.807, 2.05) is 12.1 Å². The average molecular weight is 362 g/mol. The number of benzene rings is 1. The van der Waals surface area contributed by atoms with Crippen LogP contribution in [0.5, 0.6) is 0 Å². The molecular weight excluding hydrogens is 350 g/mol. The fraction of sp³-hybridized carbons (Fsp3) is 0.0909. The summed E-state index contributed by atoms with van der Waals surface area (Å²) in [6.07, 6.45) is 0. The van der Waals surface area contributed by atoms with Crippen molar-refractivity contribution in [2.24, 2.45) is 5.14 Å². The highest BCUT2D eigenvalue weighted by atomic mass is 79.9. The highest BCUT2D eigenvalue weighted by Crippen LogP contribution is 2.25. The zero-order valence-corrected chi connectivity index (χ0v) is 13.0. The first-order valence-corrected chi connectivity index (χ1v) is 8.42. The van der Waals surface area contributed by atoms with Gasteiger partial charge in [-0.05, 0) is 46.3 Å². The Morgan fingerprint density at radius 1 is 1.26 bits per heavy atom. The van der Waals surface area contributed by atoms with E-state index in [0.29, 0.717) is 17.9 Å². The summed E-state index contributed by atoms with van der Waals surface area (Å²) in [6.45, 7) is 0.620. The number of rotatable bonds is 4. The topological polar surface area (TPSA) is 98.2 Å². The maximum absolute atomic E-state index is 11.2. The molecule has 2 rings (SSSR count). The summed E-state index contributed by atoms with van der Waals surface area (Å²) < 4.78 is 23.4. The second-order valence-electron chi connectivity index (χ2n) is 3.85. The van der Waals surface area contributed by atoms with Gasteiger partial charge < -0.3 is 11.1 Å². The third kappa shape index (κ3) is 3.69. The Labute approximate surface area is 123 Å². The number of hydrogen-bond donors (Lipinski definition) is 3. The molecule has 1 aromatic heterocycles. The van der Waals surface area contributed by atoms with Gasteiger partial charge in [-0.15, -0.1) is 11.3 Å². The summed E-state index contributed by atoms with van der Waals surface area (Å²) in [5, 5.41) is 8.19. The van der Waals surface area contributed by atoms with Gasteiger partial charge in [-0.3, -0.25) is 0 Å². The number of hydrogen-bond acceptors (Lipinski definition) is 5. The van der Waals surface area contributed by atoms with E-state index < -0.39 is 10.0 Å². The van der Waals surface area contributed by atoms with E-state index in [9.17, 15) is 8.42 Å². The van der Waals surface area contributed by atoms with Crippen molar-refractivity contribution in [3.05, 3.63) is 39.0 Å². The first kappa shape index (κ1) is 14.3. The van der Waals surface area contributed by atoms with Crippen molar-refractivity contribution < 1.29 is 8.42 Å². The van der Waals surface area contributed by atoms with Crippen LogP contribution < -0.4 is 16.2 Å². The fourth-order valence-corrected chi connectivity index (χ4v) is 3.48. The van der Waals surface area contributed by atoms with Crippen LogP contribution in [0.1, 0.15) is 4.88 Å². The van der Waals surface area contributed by atoms with E-state index in [1.165, 1.54) is 12.1 Å². The molecule has 0 unspecified atom stereocenters. The van der Waals surface area contributed by atoms with Crippen LogP contribution >= 0.6 is 27.3 Å². The summed E-state index contributed by atoms with van der Waals surface area (Å²) in [4.78, 5) is 1.15. The Morgan fingerprint density at radius 2 is 2.00 bits per heavy atom. The Hall–Kier alpha value is -1.09. The molecule has 0 saturated carbocycles. The molecule has 19 heavy (non-hydrogen) atoms. The molecule has 0 atom stereocenters. The molecule has 0 fully saturated rings. The molecule has 0 amide bonds. The molecule has 1 heterocycles. The van der Waals surface area contributed by atoms with Gasteiger partial charge in [0.1, 0.15) is 0 Å². The van der Waals surface area contributed by atoms with Crippen LogP contribution in [0.25, 0.3) is 0 Å². The fourth-order valence-electron chi connectivity index (χ4n) is 1.51. The highest BCUT2D eigenvalue weighted by molar-refractivity contribution is 9.11. The lowest BCUT2D eigenvalue weighted by atomic mass is 10.2. The highest BCUT2D eigenvalue weighted by Gasteiger charge is 2.10. The summed E-state index contributed by atoms with van der Waals surface area (Å²) in [7, 11) is -3.72. The van der Waals surface area contributed by atoms with Gasteiger partial charge in [0, 0.05) is 11.4 Å². The lowest BCUT2D eigenvalue weighted by Crippen LogP contribution is -2.13. The monoisotopic (exact) mass is 361 g/mol. The van der Waals surface area contributed by atoms with Crippen molar-refractivity contribution in [1.82, 2.24) is 0 Å². The number of nitrogen functional groups attached to an aromatic ring is 1. The zero-order valence-electron chi connectivity index (χ0n) is 9.76. The van der Waals surface area contributed by atoms with Crippen LogP contribution in [0, 0.1) is 0 Å². The van der Waals surface area contributed by atoms with E-state index in [2.05, 4.69) is 21.2 Å². The van der Waals surface area contributed by atoms with Gasteiger partial charge in [-0.2, -0.15) is 0 Å². The molecule has 2 aromatic rings. The van der Waals surface area contributed by atoms with Gasteiger partial charge in [0.05, 0.1) is 20.1 Å². The van der Waals surface area contributed by atoms with Gasteiger partial charge in [0.2, 0.25) is 10.0 Å². The Balaban J connectivity index is 2.14. The third-order valence-electron chi connectivity index (χ3n) is 2.43. The lowest BCUT2D eigenvalue weighted by Gasteiger charge is -2.09. The summed E-state index contributed by atoms with van der Waals surface area (Å²) in [5.41, 5.74) is 6.83. The number of anilines is 2. The van der Waals surface area contributed by atoms with E-state index in [4.69, 9.17) is 10.9 Å². The zero-order chi connectivity index (χ0) is 14.0. The van der Waals surface area contributed by atoms with E-state index in [0.717, 1.165) is 8.66 Å². The summed E-state index contributed by atoms with van der Waals surface area (Å²) in [5.74, 6) is 0. The Kier molecular flexibility index (Phi) is 4.14. The van der Waals surface area contributed by atoms with Crippen LogP contribution in [0.4, 0.5) is 11.4 Å². The molecule has 102 valence electrons. The van der Waals surface area contributed by atoms with Crippen molar-refractivity contribution in [3.63, 3.8) is 0 Å². The van der Waals surface area contributed by atoms with Crippen molar-refractivity contribution >= 4 is 48.7 Å². The van der Waals surface area contributed by atoms with Crippen LogP contribution in [-0.2, 0) is 16.6 Å². The van der Waals surface area contributed by atoms with Crippen molar-refractivity contribution in [3.8, 4) is 0 Å². The van der Waals surface area contributed by atoms with Crippen LogP contribution in [0.15, 0.2) is 39.0 Å². The maximum atomic E-state index is 11.2. The predicted octanol–water partition coefficient (Wildman–Crippen LogP) is 2.35. The van der Waals surface area contributed by atoms with Crippen molar-refractivity contribution in [1.29, 1.82) is 0 Å².